The molecule has 13 rings (SSSR count). The Labute approximate surface area is 451 Å². The predicted molar refractivity (Wildman–Crippen MR) is 302 cm³/mol. The Morgan fingerprint density at radius 3 is 0.654 bits per heavy atom. The van der Waals surface area contributed by atoms with Crippen molar-refractivity contribution in [1.82, 2.24) is 68.3 Å². The lowest BCUT2D eigenvalue weighted by molar-refractivity contribution is 0.338. The van der Waals surface area contributed by atoms with Crippen molar-refractivity contribution in [3.8, 4) is 0 Å². The predicted octanol–water partition coefficient (Wildman–Crippen LogP) is 6.63. The van der Waals surface area contributed by atoms with Gasteiger partial charge in [-0.3, -0.25) is 40.1 Å². The van der Waals surface area contributed by atoms with Crippen LogP contribution in [0.15, 0.2) is 225 Å². The van der Waals surface area contributed by atoms with Crippen LogP contribution in [0.5, 0.6) is 0 Å². The largest absolute Gasteiger partial charge is 0.269 e. The first-order chi connectivity index (χ1) is 38.6. The van der Waals surface area contributed by atoms with E-state index in [0.29, 0.717) is 49.9 Å². The molecule has 0 radical (unpaired) electrons. The van der Waals surface area contributed by atoms with Gasteiger partial charge in [0.1, 0.15) is 97.9 Å². The Kier molecular flexibility index (Phi) is 13.7. The summed E-state index contributed by atoms with van der Waals surface area (Å²) in [6.07, 6.45) is 2.41. The van der Waals surface area contributed by atoms with Crippen molar-refractivity contribution in [3.05, 3.63) is 247 Å². The van der Waals surface area contributed by atoms with Gasteiger partial charge in [-0.25, -0.2) is 68.3 Å². The van der Waals surface area contributed by atoms with E-state index in [0.717, 1.165) is 45.5 Å². The first-order valence-corrected chi connectivity index (χ1v) is 25.8. The highest BCUT2D eigenvalue weighted by Gasteiger charge is 2.34. The van der Waals surface area contributed by atoms with Crippen LogP contribution in [0.25, 0.3) is 0 Å². The standard InChI is InChI=1S/C57H57N21/c1-5-20-42(21-6-1)54-63-71(46-28-13-15-36-58-46)38-73(65-54)48-30-17-32-50(60-48)75-40-77(69-56(67-75)44-24-9-3-10-25-44)52-34-19-35-53(62-52)78-41-76(68-57(70-78)45-26-11-4-12-27-45)51-33-18-31-49(61-51)74-39-72(47-29-14-16-37-59-47)64-55(66-74)43-22-7-2-8-23-43/h1-37,54-57,63-70H,38-41H2. The van der Waals surface area contributed by atoms with Crippen LogP contribution in [0.1, 0.15) is 46.9 Å². The molecule has 4 aliphatic rings. The molecule has 4 aromatic carbocycles. The molecule has 21 nitrogen and oxygen atoms in total. The van der Waals surface area contributed by atoms with Crippen molar-refractivity contribution < 1.29 is 0 Å². The zero-order chi connectivity index (χ0) is 52.0. The van der Waals surface area contributed by atoms with Crippen LogP contribution in [0, 0.1) is 0 Å². The summed E-state index contributed by atoms with van der Waals surface area (Å²) in [5, 5.41) is 16.4. The number of anilines is 8. The fourth-order valence-electron chi connectivity index (χ4n) is 9.71. The zero-order valence-electron chi connectivity index (χ0n) is 42.3. The molecule has 21 heteroatoms. The van der Waals surface area contributed by atoms with E-state index >= 15 is 0 Å². The lowest BCUT2D eigenvalue weighted by Gasteiger charge is -2.45. The Bertz CT molecular complexity index is 3060. The number of hydrazine groups is 8. The average Bonchev–Trinajstić information content (AvgIpc) is 3.56. The van der Waals surface area contributed by atoms with E-state index in [4.69, 9.17) is 15.0 Å². The monoisotopic (exact) mass is 1040 g/mol. The first kappa shape index (κ1) is 48.4. The van der Waals surface area contributed by atoms with Gasteiger partial charge < -0.3 is 0 Å². The summed E-state index contributed by atoms with van der Waals surface area (Å²) in [6, 6.07) is 71.2. The molecule has 9 heterocycles. The summed E-state index contributed by atoms with van der Waals surface area (Å²) in [6.45, 7) is 1.56. The molecule has 0 spiro atoms. The maximum Gasteiger partial charge on any atom is 0.147 e. The molecule has 4 aliphatic heterocycles. The van der Waals surface area contributed by atoms with Gasteiger partial charge in [0.05, 0.1) is 0 Å². The fraction of sp³-hybridized carbons (Fsp3) is 0.140. The van der Waals surface area contributed by atoms with E-state index in [2.05, 4.69) is 122 Å². The maximum absolute atomic E-state index is 5.37. The number of benzene rings is 4. The molecule has 0 bridgehead atoms. The lowest BCUT2D eigenvalue weighted by Crippen LogP contribution is -2.64. The SMILES string of the molecule is c1ccc(C2NN(c3ccccn3)CN(c3cccc(N4CN(c5cccc(N6CN(c7cccc(N8CN(c9ccccn9)NC(c9ccccc9)N8)n7)NC(c7ccccc7)N6)n5)NC(c5ccccc5)N4)n3)N2)cc1. The van der Waals surface area contributed by atoms with Gasteiger partial charge in [0.15, 0.2) is 0 Å². The second kappa shape index (κ2) is 22.1. The van der Waals surface area contributed by atoms with E-state index in [9.17, 15) is 0 Å². The quantitative estimate of drug-likeness (QED) is 0.0651. The third-order valence-electron chi connectivity index (χ3n) is 13.6. The van der Waals surface area contributed by atoms with Gasteiger partial charge in [-0.1, -0.05) is 152 Å². The first-order valence-electron chi connectivity index (χ1n) is 25.8. The van der Waals surface area contributed by atoms with Gasteiger partial charge in [0, 0.05) is 12.4 Å². The number of pyridine rings is 5. The summed E-state index contributed by atoms with van der Waals surface area (Å²) < 4.78 is 0. The molecule has 4 fully saturated rings. The van der Waals surface area contributed by atoms with E-state index < -0.39 is 0 Å². The van der Waals surface area contributed by atoms with E-state index in [1.807, 2.05) is 184 Å². The molecular weight excluding hydrogens is 979 g/mol. The highest BCUT2D eigenvalue weighted by molar-refractivity contribution is 5.56. The van der Waals surface area contributed by atoms with Crippen molar-refractivity contribution >= 4 is 46.5 Å². The third-order valence-corrected chi connectivity index (χ3v) is 13.6. The van der Waals surface area contributed by atoms with Crippen molar-refractivity contribution in [3.63, 3.8) is 0 Å². The molecule has 0 aliphatic carbocycles. The summed E-state index contributed by atoms with van der Waals surface area (Å²) in [7, 11) is 0. The Hall–Kier alpha value is -9.29. The summed E-state index contributed by atoms with van der Waals surface area (Å²) in [4.78, 5) is 25.3. The van der Waals surface area contributed by atoms with Crippen molar-refractivity contribution in [2.24, 2.45) is 0 Å². The Morgan fingerprint density at radius 1 is 0.231 bits per heavy atom. The number of aromatic nitrogens is 5. The number of hydrogen-bond donors (Lipinski definition) is 8. The molecule has 9 aromatic rings. The van der Waals surface area contributed by atoms with E-state index in [-0.39, 0.29) is 24.7 Å². The number of hydrogen-bond acceptors (Lipinski definition) is 21. The van der Waals surface area contributed by atoms with Gasteiger partial charge in [-0.2, -0.15) is 0 Å². The van der Waals surface area contributed by atoms with Crippen LogP contribution < -0.4 is 83.5 Å². The van der Waals surface area contributed by atoms with Crippen molar-refractivity contribution in [2.75, 3.05) is 66.7 Å². The molecule has 390 valence electrons. The highest BCUT2D eigenvalue weighted by Crippen LogP contribution is 2.30. The molecule has 0 amide bonds. The fourth-order valence-corrected chi connectivity index (χ4v) is 9.71. The second-order valence-electron chi connectivity index (χ2n) is 18.8. The van der Waals surface area contributed by atoms with Crippen molar-refractivity contribution in [1.29, 1.82) is 0 Å². The summed E-state index contributed by atoms with van der Waals surface area (Å²) in [5.41, 5.74) is 33.6. The van der Waals surface area contributed by atoms with Gasteiger partial charge in [-0.05, 0) is 82.9 Å². The van der Waals surface area contributed by atoms with Gasteiger partial charge >= 0.3 is 0 Å². The molecule has 78 heavy (non-hydrogen) atoms. The summed E-state index contributed by atoms with van der Waals surface area (Å²) in [5.74, 6) is 5.88. The molecule has 4 atom stereocenters. The minimum absolute atomic E-state index is 0.254. The van der Waals surface area contributed by atoms with E-state index in [1.165, 1.54) is 0 Å². The van der Waals surface area contributed by atoms with E-state index in [1.54, 1.807) is 12.4 Å². The number of nitrogens with one attached hydrogen (secondary N) is 8. The van der Waals surface area contributed by atoms with Crippen LogP contribution in [-0.2, 0) is 0 Å². The van der Waals surface area contributed by atoms with Crippen LogP contribution in [0.2, 0.25) is 0 Å². The second-order valence-corrected chi connectivity index (χ2v) is 18.8. The smallest absolute Gasteiger partial charge is 0.147 e. The van der Waals surface area contributed by atoms with Crippen LogP contribution in [0.4, 0.5) is 46.5 Å². The van der Waals surface area contributed by atoms with Crippen LogP contribution in [-0.4, -0.2) is 51.6 Å². The number of nitrogens with zero attached hydrogens (tertiary/aromatic N) is 13. The van der Waals surface area contributed by atoms with Gasteiger partial charge in [0.2, 0.25) is 0 Å². The molecule has 8 N–H and O–H groups in total. The van der Waals surface area contributed by atoms with Crippen molar-refractivity contribution in [2.45, 2.75) is 24.7 Å². The topological polar surface area (TPSA) is 187 Å². The molecule has 5 aromatic heterocycles. The normalized spacial score (nSPS) is 20.0. The summed E-state index contributed by atoms with van der Waals surface area (Å²) >= 11 is 0. The minimum Gasteiger partial charge on any atom is -0.269 e. The Morgan fingerprint density at radius 2 is 0.436 bits per heavy atom. The van der Waals surface area contributed by atoms with Crippen LogP contribution >= 0.6 is 0 Å². The maximum atomic E-state index is 5.37. The molecule has 4 unspecified atom stereocenters. The van der Waals surface area contributed by atoms with Gasteiger partial charge in [0.25, 0.3) is 0 Å². The molecule has 0 saturated carbocycles. The van der Waals surface area contributed by atoms with Gasteiger partial charge in [-0.15, -0.1) is 0 Å². The molecule has 4 saturated heterocycles. The lowest BCUT2D eigenvalue weighted by atomic mass is 10.2. The third kappa shape index (κ3) is 10.6. The average molecular weight is 1040 g/mol. The number of rotatable bonds is 12. The van der Waals surface area contributed by atoms with Crippen LogP contribution in [0.3, 0.4) is 0 Å². The highest BCUT2D eigenvalue weighted by atomic mass is 15.8. The molecular formula is C57H57N21. The minimum atomic E-state index is -0.340. The Balaban J connectivity index is 0.787. The zero-order valence-corrected chi connectivity index (χ0v) is 42.3.